The zero-order valence-electron chi connectivity index (χ0n) is 17.9. The number of guanidine groups is 1. The Bertz CT molecular complexity index is 685. The van der Waals surface area contributed by atoms with Gasteiger partial charge in [-0.1, -0.05) is 43.7 Å². The molecule has 0 radical (unpaired) electrons. The van der Waals surface area contributed by atoms with Crippen LogP contribution in [0.2, 0.25) is 0 Å². The molecule has 0 saturated heterocycles. The molecule has 7 heteroatoms. The number of para-hydroxylation sites is 1. The molecule has 0 heterocycles. The molecule has 29 heavy (non-hydrogen) atoms. The van der Waals surface area contributed by atoms with Crippen LogP contribution in [0.3, 0.4) is 0 Å². The minimum atomic E-state index is -0.329. The highest BCUT2D eigenvalue weighted by atomic mass is 127. The van der Waals surface area contributed by atoms with E-state index in [9.17, 15) is 4.79 Å². The Morgan fingerprint density at radius 2 is 1.97 bits per heavy atom. The quantitative estimate of drug-likeness (QED) is 0.229. The smallest absolute Gasteiger partial charge is 0.230 e. The van der Waals surface area contributed by atoms with Gasteiger partial charge in [-0.25, -0.2) is 4.99 Å². The van der Waals surface area contributed by atoms with Gasteiger partial charge in [0.2, 0.25) is 5.91 Å². The number of carbonyl (C=O) groups excluding carboxylic acids is 1. The van der Waals surface area contributed by atoms with Gasteiger partial charge in [-0.2, -0.15) is 0 Å². The normalized spacial score (nSPS) is 15.2. The van der Waals surface area contributed by atoms with Crippen LogP contribution in [0.25, 0.3) is 0 Å². The molecule has 1 aliphatic rings. The van der Waals surface area contributed by atoms with Crippen molar-refractivity contribution >= 4 is 35.8 Å². The minimum absolute atomic E-state index is 0. The van der Waals surface area contributed by atoms with Crippen LogP contribution in [0.5, 0.6) is 5.75 Å². The second-order valence-electron chi connectivity index (χ2n) is 7.44. The molecule has 1 aromatic rings. The zero-order valence-corrected chi connectivity index (χ0v) is 20.2. The summed E-state index contributed by atoms with van der Waals surface area (Å²) in [5, 5.41) is 6.69. The van der Waals surface area contributed by atoms with Crippen LogP contribution in [0.4, 0.5) is 0 Å². The van der Waals surface area contributed by atoms with Crippen molar-refractivity contribution in [2.45, 2.75) is 39.2 Å². The van der Waals surface area contributed by atoms with Crippen LogP contribution in [0.15, 0.2) is 41.9 Å². The maximum atomic E-state index is 12.8. The number of nitrogens with one attached hydrogen (secondary N) is 2. The lowest BCUT2D eigenvalue weighted by Gasteiger charge is -2.31. The number of ether oxygens (including phenoxy) is 1. The highest BCUT2D eigenvalue weighted by molar-refractivity contribution is 14.0. The third-order valence-electron chi connectivity index (χ3n) is 5.10. The van der Waals surface area contributed by atoms with Gasteiger partial charge in [0.15, 0.2) is 5.96 Å². The van der Waals surface area contributed by atoms with E-state index in [0.29, 0.717) is 19.7 Å². The maximum absolute atomic E-state index is 12.8. The predicted octanol–water partition coefficient (Wildman–Crippen LogP) is 3.57. The zero-order chi connectivity index (χ0) is 20.4. The first kappa shape index (κ1) is 25.3. The average molecular weight is 514 g/mol. The van der Waals surface area contributed by atoms with Crippen molar-refractivity contribution in [3.8, 4) is 5.75 Å². The van der Waals surface area contributed by atoms with E-state index in [4.69, 9.17) is 9.73 Å². The van der Waals surface area contributed by atoms with Gasteiger partial charge in [0, 0.05) is 32.7 Å². The van der Waals surface area contributed by atoms with Crippen molar-refractivity contribution in [1.29, 1.82) is 0 Å². The summed E-state index contributed by atoms with van der Waals surface area (Å²) in [6.45, 7) is 8.06. The summed E-state index contributed by atoms with van der Waals surface area (Å²) in [5.74, 6) is 1.74. The van der Waals surface area contributed by atoms with E-state index < -0.39 is 0 Å². The Hall–Kier alpha value is -1.77. The summed E-state index contributed by atoms with van der Waals surface area (Å²) >= 11 is 0. The Balaban J connectivity index is 0.00000420. The van der Waals surface area contributed by atoms with E-state index in [0.717, 1.165) is 49.5 Å². The molecule has 0 spiro atoms. The molecule has 162 valence electrons. The molecular formula is C22H35IN4O2. The van der Waals surface area contributed by atoms with E-state index in [1.54, 1.807) is 11.0 Å². The molecule has 0 aromatic heterocycles. The second-order valence-corrected chi connectivity index (χ2v) is 7.44. The number of halogens is 1. The molecule has 0 atom stereocenters. The lowest BCUT2D eigenvalue weighted by molar-refractivity contribution is -0.138. The molecule has 1 aliphatic carbocycles. The summed E-state index contributed by atoms with van der Waals surface area (Å²) in [6, 6.07) is 7.89. The van der Waals surface area contributed by atoms with E-state index in [1.807, 2.05) is 45.3 Å². The largest absolute Gasteiger partial charge is 0.489 e. The first-order chi connectivity index (χ1) is 13.5. The van der Waals surface area contributed by atoms with Gasteiger partial charge in [-0.15, -0.1) is 24.0 Å². The van der Waals surface area contributed by atoms with Crippen LogP contribution in [0, 0.1) is 5.41 Å². The van der Waals surface area contributed by atoms with Crippen molar-refractivity contribution in [2.75, 3.05) is 33.8 Å². The van der Waals surface area contributed by atoms with Crippen molar-refractivity contribution in [2.24, 2.45) is 10.4 Å². The SMILES string of the molecule is C=CCOc1ccccc1CN=C(NCC)NCC1(C(=O)N(C)C)CCCC1.I. The van der Waals surface area contributed by atoms with Gasteiger partial charge < -0.3 is 20.3 Å². The van der Waals surface area contributed by atoms with Crippen LogP contribution in [-0.2, 0) is 11.3 Å². The summed E-state index contributed by atoms with van der Waals surface area (Å²) in [5.41, 5.74) is 0.687. The fourth-order valence-corrected chi connectivity index (χ4v) is 3.68. The third kappa shape index (κ3) is 7.21. The van der Waals surface area contributed by atoms with Gasteiger partial charge in [-0.05, 0) is 25.8 Å². The summed E-state index contributed by atoms with van der Waals surface area (Å²) in [6.07, 6.45) is 5.78. The molecule has 1 fully saturated rings. The molecule has 2 N–H and O–H groups in total. The maximum Gasteiger partial charge on any atom is 0.230 e. The molecule has 1 amide bonds. The molecule has 0 unspecified atom stereocenters. The summed E-state index contributed by atoms with van der Waals surface area (Å²) < 4.78 is 5.72. The summed E-state index contributed by atoms with van der Waals surface area (Å²) in [4.78, 5) is 19.2. The van der Waals surface area contributed by atoms with Gasteiger partial charge in [0.1, 0.15) is 12.4 Å². The molecule has 1 saturated carbocycles. The number of carbonyl (C=O) groups is 1. The lowest BCUT2D eigenvalue weighted by atomic mass is 9.84. The van der Waals surface area contributed by atoms with Crippen LogP contribution >= 0.6 is 24.0 Å². The van der Waals surface area contributed by atoms with Crippen LogP contribution < -0.4 is 15.4 Å². The molecule has 0 aliphatic heterocycles. The topological polar surface area (TPSA) is 66.0 Å². The molecule has 1 aromatic carbocycles. The monoisotopic (exact) mass is 514 g/mol. The first-order valence-corrected chi connectivity index (χ1v) is 10.1. The van der Waals surface area contributed by atoms with Crippen molar-refractivity contribution < 1.29 is 9.53 Å². The van der Waals surface area contributed by atoms with Crippen LogP contribution in [0.1, 0.15) is 38.2 Å². The Labute approximate surface area is 192 Å². The van der Waals surface area contributed by atoms with Gasteiger partial charge >= 0.3 is 0 Å². The van der Waals surface area contributed by atoms with Crippen molar-refractivity contribution in [3.63, 3.8) is 0 Å². The van der Waals surface area contributed by atoms with Gasteiger partial charge in [0.25, 0.3) is 0 Å². The minimum Gasteiger partial charge on any atom is -0.489 e. The Morgan fingerprint density at radius 3 is 2.59 bits per heavy atom. The van der Waals surface area contributed by atoms with Crippen molar-refractivity contribution in [1.82, 2.24) is 15.5 Å². The summed E-state index contributed by atoms with van der Waals surface area (Å²) in [7, 11) is 3.67. The average Bonchev–Trinajstić information content (AvgIpc) is 3.18. The number of rotatable bonds is 9. The van der Waals surface area contributed by atoms with E-state index >= 15 is 0 Å². The number of amides is 1. The lowest BCUT2D eigenvalue weighted by Crippen LogP contribution is -2.49. The third-order valence-corrected chi connectivity index (χ3v) is 5.10. The second kappa shape index (κ2) is 12.7. The van der Waals surface area contributed by atoms with Crippen LogP contribution in [-0.4, -0.2) is 50.6 Å². The number of aliphatic imine (C=N–C) groups is 1. The molecule has 6 nitrogen and oxygen atoms in total. The molecule has 2 rings (SSSR count). The van der Waals surface area contributed by atoms with E-state index in [-0.39, 0.29) is 35.3 Å². The van der Waals surface area contributed by atoms with E-state index in [1.165, 1.54) is 0 Å². The number of benzene rings is 1. The number of hydrogen-bond acceptors (Lipinski definition) is 3. The number of nitrogens with zero attached hydrogens (tertiary/aromatic N) is 2. The highest BCUT2D eigenvalue weighted by Crippen LogP contribution is 2.38. The predicted molar refractivity (Wildman–Crippen MR) is 130 cm³/mol. The van der Waals surface area contributed by atoms with Gasteiger partial charge in [0.05, 0.1) is 12.0 Å². The highest BCUT2D eigenvalue weighted by Gasteiger charge is 2.42. The fourth-order valence-electron chi connectivity index (χ4n) is 3.68. The first-order valence-electron chi connectivity index (χ1n) is 10.1. The molecular weight excluding hydrogens is 479 g/mol. The fraction of sp³-hybridized carbons (Fsp3) is 0.545. The standard InChI is InChI=1S/C22H34N4O2.HI/c1-5-15-28-19-12-8-7-11-18(19)16-24-21(23-6-2)25-17-22(13-9-10-14-22)20(27)26(3)4;/h5,7-8,11-12H,1,6,9-10,13-17H2,2-4H3,(H2,23,24,25);1H. The van der Waals surface area contributed by atoms with Gasteiger partial charge in [-0.3, -0.25) is 4.79 Å². The Kier molecular flexibility index (Phi) is 11.1. The number of hydrogen-bond donors (Lipinski definition) is 2. The van der Waals surface area contributed by atoms with Crippen molar-refractivity contribution in [3.05, 3.63) is 42.5 Å². The Morgan fingerprint density at radius 1 is 1.28 bits per heavy atom. The molecule has 0 bridgehead atoms. The van der Waals surface area contributed by atoms with E-state index in [2.05, 4.69) is 17.2 Å².